The van der Waals surface area contributed by atoms with Crippen LogP contribution in [-0.4, -0.2) is 12.1 Å². The van der Waals surface area contributed by atoms with Gasteiger partial charge in [0, 0.05) is 5.54 Å². The van der Waals surface area contributed by atoms with E-state index < -0.39 is 0 Å². The predicted octanol–water partition coefficient (Wildman–Crippen LogP) is 5.51. The van der Waals surface area contributed by atoms with E-state index >= 15 is 0 Å². The highest BCUT2D eigenvalue weighted by Crippen LogP contribution is 2.43. The maximum Gasteiger partial charge on any atom is 0.00966 e. The van der Waals surface area contributed by atoms with Gasteiger partial charge in [-0.1, -0.05) is 13.8 Å². The minimum Gasteiger partial charge on any atom is -0.312 e. The minimum absolute atomic E-state index is 0.241. The van der Waals surface area contributed by atoms with Crippen molar-refractivity contribution in [2.24, 2.45) is 17.3 Å². The molecule has 1 nitrogen and oxygen atoms in total. The second kappa shape index (κ2) is 6.83. The molecular formula is C19H33NS. The average molecular weight is 308 g/mol. The smallest absolute Gasteiger partial charge is 0.00966 e. The summed E-state index contributed by atoms with van der Waals surface area (Å²) >= 11 is 1.83. The van der Waals surface area contributed by atoms with Gasteiger partial charge >= 0.3 is 0 Å². The summed E-state index contributed by atoms with van der Waals surface area (Å²) in [5, 5.41) is 8.27. The molecule has 1 N–H and O–H groups in total. The van der Waals surface area contributed by atoms with Gasteiger partial charge in [0.15, 0.2) is 0 Å². The molecule has 1 aliphatic carbocycles. The molecule has 1 aliphatic rings. The molecule has 0 aromatic carbocycles. The van der Waals surface area contributed by atoms with Gasteiger partial charge in [-0.3, -0.25) is 0 Å². The Hall–Kier alpha value is -0.340. The van der Waals surface area contributed by atoms with E-state index in [0.717, 1.165) is 11.8 Å². The van der Waals surface area contributed by atoms with E-state index in [1.165, 1.54) is 44.2 Å². The summed E-state index contributed by atoms with van der Waals surface area (Å²) in [7, 11) is 0. The summed E-state index contributed by atoms with van der Waals surface area (Å²) in [6.45, 7) is 12.9. The Balaban J connectivity index is 1.93. The molecule has 0 amide bonds. The third-order valence-corrected chi connectivity index (χ3v) is 5.68. The molecule has 0 spiro atoms. The summed E-state index contributed by atoms with van der Waals surface area (Å²) in [6, 6.07) is 2.29. The highest BCUT2D eigenvalue weighted by molar-refractivity contribution is 7.07. The molecule has 1 heterocycles. The summed E-state index contributed by atoms with van der Waals surface area (Å²) in [4.78, 5) is 0. The molecule has 1 fully saturated rings. The molecule has 1 saturated carbocycles. The summed E-state index contributed by atoms with van der Waals surface area (Å²) < 4.78 is 0. The lowest BCUT2D eigenvalue weighted by atomic mass is 9.65. The molecule has 0 saturated heterocycles. The van der Waals surface area contributed by atoms with Gasteiger partial charge in [-0.2, -0.15) is 11.3 Å². The molecule has 0 bridgehead atoms. The summed E-state index contributed by atoms with van der Waals surface area (Å²) in [6.07, 6.45) is 6.80. The zero-order valence-electron chi connectivity index (χ0n) is 14.5. The van der Waals surface area contributed by atoms with E-state index in [4.69, 9.17) is 0 Å². The average Bonchev–Trinajstić information content (AvgIpc) is 2.86. The van der Waals surface area contributed by atoms with Crippen LogP contribution in [0.15, 0.2) is 16.8 Å². The zero-order valence-corrected chi connectivity index (χ0v) is 15.4. The highest BCUT2D eigenvalue weighted by atomic mass is 32.1. The van der Waals surface area contributed by atoms with Crippen LogP contribution in [0.3, 0.4) is 0 Å². The zero-order chi connectivity index (χ0) is 15.5. The number of aryl methyl sites for hydroxylation is 1. The van der Waals surface area contributed by atoms with Crippen LogP contribution in [0.1, 0.15) is 65.9 Å². The Labute approximate surface area is 135 Å². The van der Waals surface area contributed by atoms with Gasteiger partial charge in [0.05, 0.1) is 0 Å². The van der Waals surface area contributed by atoms with Crippen LogP contribution in [0.4, 0.5) is 0 Å². The number of nitrogens with one attached hydrogen (secondary N) is 1. The number of hydrogen-bond donors (Lipinski definition) is 1. The first-order chi connectivity index (χ1) is 9.75. The molecule has 0 radical (unpaired) electrons. The van der Waals surface area contributed by atoms with Crippen molar-refractivity contribution in [1.82, 2.24) is 5.32 Å². The molecule has 0 aliphatic heterocycles. The van der Waals surface area contributed by atoms with Gasteiger partial charge in [-0.15, -0.1) is 0 Å². The number of hydrogen-bond acceptors (Lipinski definition) is 2. The second-order valence-electron chi connectivity index (χ2n) is 8.73. The second-order valence-corrected chi connectivity index (χ2v) is 9.51. The first-order valence-corrected chi connectivity index (χ1v) is 9.46. The molecular weight excluding hydrogens is 274 g/mol. The Bertz CT molecular complexity index is 413. The SMILES string of the molecule is CC1(C)CCC(CNC(C)(C)C)C(CCc2ccsc2)C1. The van der Waals surface area contributed by atoms with Crippen molar-refractivity contribution in [3.63, 3.8) is 0 Å². The monoisotopic (exact) mass is 307 g/mol. The van der Waals surface area contributed by atoms with Gasteiger partial charge in [-0.25, -0.2) is 0 Å². The fourth-order valence-corrected chi connectivity index (χ4v) is 4.32. The van der Waals surface area contributed by atoms with E-state index in [-0.39, 0.29) is 5.54 Å². The van der Waals surface area contributed by atoms with Gasteiger partial charge in [0.1, 0.15) is 0 Å². The van der Waals surface area contributed by atoms with Crippen LogP contribution in [0.2, 0.25) is 0 Å². The van der Waals surface area contributed by atoms with Crippen molar-refractivity contribution < 1.29 is 0 Å². The third kappa shape index (κ3) is 5.75. The fraction of sp³-hybridized carbons (Fsp3) is 0.789. The first-order valence-electron chi connectivity index (χ1n) is 8.51. The van der Waals surface area contributed by atoms with Crippen LogP contribution in [0.5, 0.6) is 0 Å². The highest BCUT2D eigenvalue weighted by Gasteiger charge is 2.34. The van der Waals surface area contributed by atoms with Crippen LogP contribution < -0.4 is 5.32 Å². The standard InChI is InChI=1S/C19H33NS/c1-18(2,3)20-13-17-8-10-19(4,5)12-16(17)7-6-15-9-11-21-14-15/h9,11,14,16-17,20H,6-8,10,12-13H2,1-5H3. The van der Waals surface area contributed by atoms with Crippen LogP contribution in [-0.2, 0) is 6.42 Å². The van der Waals surface area contributed by atoms with E-state index in [1.54, 1.807) is 0 Å². The Morgan fingerprint density at radius 1 is 1.29 bits per heavy atom. The van der Waals surface area contributed by atoms with Crippen molar-refractivity contribution in [2.45, 2.75) is 72.3 Å². The number of thiophene rings is 1. The van der Waals surface area contributed by atoms with E-state index in [0.29, 0.717) is 5.41 Å². The summed E-state index contributed by atoms with van der Waals surface area (Å²) in [5.41, 5.74) is 2.31. The summed E-state index contributed by atoms with van der Waals surface area (Å²) in [5.74, 6) is 1.74. The predicted molar refractivity (Wildman–Crippen MR) is 95.0 cm³/mol. The van der Waals surface area contributed by atoms with Gasteiger partial charge < -0.3 is 5.32 Å². The topological polar surface area (TPSA) is 12.0 Å². The minimum atomic E-state index is 0.241. The Morgan fingerprint density at radius 3 is 2.67 bits per heavy atom. The lowest BCUT2D eigenvalue weighted by Gasteiger charge is -2.42. The molecule has 1 aromatic rings. The van der Waals surface area contributed by atoms with Crippen molar-refractivity contribution >= 4 is 11.3 Å². The largest absolute Gasteiger partial charge is 0.312 e. The van der Waals surface area contributed by atoms with Gasteiger partial charge in [-0.05, 0) is 99.1 Å². The molecule has 2 rings (SSSR count). The van der Waals surface area contributed by atoms with Gasteiger partial charge in [0.2, 0.25) is 0 Å². The van der Waals surface area contributed by atoms with Crippen LogP contribution in [0.25, 0.3) is 0 Å². The molecule has 2 heteroatoms. The van der Waals surface area contributed by atoms with Crippen molar-refractivity contribution in [3.05, 3.63) is 22.4 Å². The molecule has 120 valence electrons. The molecule has 2 atom stereocenters. The van der Waals surface area contributed by atoms with Crippen LogP contribution in [0, 0.1) is 17.3 Å². The lowest BCUT2D eigenvalue weighted by Crippen LogP contribution is -2.43. The molecule has 1 aromatic heterocycles. The first kappa shape index (κ1) is 17.0. The Kier molecular flexibility index (Phi) is 5.54. The fourth-order valence-electron chi connectivity index (χ4n) is 3.62. The maximum absolute atomic E-state index is 3.74. The quantitative estimate of drug-likeness (QED) is 0.756. The van der Waals surface area contributed by atoms with E-state index in [2.05, 4.69) is 56.8 Å². The van der Waals surface area contributed by atoms with Crippen molar-refractivity contribution in [3.8, 4) is 0 Å². The Morgan fingerprint density at radius 2 is 2.05 bits per heavy atom. The normalized spacial score (nSPS) is 26.0. The lowest BCUT2D eigenvalue weighted by molar-refractivity contribution is 0.105. The molecule has 21 heavy (non-hydrogen) atoms. The van der Waals surface area contributed by atoms with E-state index in [9.17, 15) is 0 Å². The van der Waals surface area contributed by atoms with Crippen LogP contribution >= 0.6 is 11.3 Å². The van der Waals surface area contributed by atoms with E-state index in [1.807, 2.05) is 11.3 Å². The third-order valence-electron chi connectivity index (χ3n) is 4.95. The molecule has 2 unspecified atom stereocenters. The van der Waals surface area contributed by atoms with Gasteiger partial charge in [0.25, 0.3) is 0 Å². The maximum atomic E-state index is 3.74. The number of rotatable bonds is 5. The van der Waals surface area contributed by atoms with Crippen molar-refractivity contribution in [1.29, 1.82) is 0 Å². The van der Waals surface area contributed by atoms with Crippen molar-refractivity contribution in [2.75, 3.05) is 6.54 Å².